The van der Waals surface area contributed by atoms with Gasteiger partial charge >= 0.3 is 12.1 Å². The fourth-order valence-electron chi connectivity index (χ4n) is 2.30. The summed E-state index contributed by atoms with van der Waals surface area (Å²) in [5.74, 6) is -0.483. The van der Waals surface area contributed by atoms with Crippen molar-refractivity contribution in [1.82, 2.24) is 0 Å². The highest BCUT2D eigenvalue weighted by atomic mass is 19.4. The Balaban J connectivity index is 1.59. The molecular weight excluding hydrogens is 367 g/mol. The molecule has 2 aromatic carbocycles. The van der Waals surface area contributed by atoms with E-state index >= 15 is 0 Å². The van der Waals surface area contributed by atoms with Gasteiger partial charge in [0.05, 0.1) is 11.1 Å². The largest absolute Gasteiger partial charge is 0.454 e. The first-order valence-corrected chi connectivity index (χ1v) is 7.83. The van der Waals surface area contributed by atoms with Crippen molar-refractivity contribution < 1.29 is 37.0 Å². The third kappa shape index (κ3) is 4.30. The monoisotopic (exact) mass is 381 g/mol. The van der Waals surface area contributed by atoms with Gasteiger partial charge < -0.3 is 19.5 Å². The van der Waals surface area contributed by atoms with Gasteiger partial charge in [-0.2, -0.15) is 13.2 Å². The van der Waals surface area contributed by atoms with Gasteiger partial charge in [-0.25, -0.2) is 4.79 Å². The summed E-state index contributed by atoms with van der Waals surface area (Å²) in [5.41, 5.74) is -0.556. The number of anilines is 1. The average molecular weight is 381 g/mol. The van der Waals surface area contributed by atoms with Crippen LogP contribution in [0, 0.1) is 0 Å². The fraction of sp³-hybridized carbons (Fsp3) is 0.222. The van der Waals surface area contributed by atoms with Gasteiger partial charge in [0.25, 0.3) is 5.91 Å². The number of benzene rings is 2. The van der Waals surface area contributed by atoms with Crippen LogP contribution < -0.4 is 14.8 Å². The minimum atomic E-state index is -4.50. The third-order valence-electron chi connectivity index (χ3n) is 3.74. The maximum absolute atomic E-state index is 12.5. The van der Waals surface area contributed by atoms with Crippen LogP contribution in [-0.4, -0.2) is 24.8 Å². The minimum absolute atomic E-state index is 0.0911. The highest BCUT2D eigenvalue weighted by Crippen LogP contribution is 2.34. The second-order valence-corrected chi connectivity index (χ2v) is 5.68. The van der Waals surface area contributed by atoms with Crippen LogP contribution in [0.25, 0.3) is 0 Å². The number of carbonyl (C=O) groups excluding carboxylic acids is 2. The molecule has 0 spiro atoms. The molecule has 3 rings (SSSR count). The van der Waals surface area contributed by atoms with Crippen molar-refractivity contribution in [2.75, 3.05) is 12.1 Å². The summed E-state index contributed by atoms with van der Waals surface area (Å²) in [6.45, 7) is 1.44. The Kier molecular flexibility index (Phi) is 4.93. The summed E-state index contributed by atoms with van der Waals surface area (Å²) >= 11 is 0. The number of carbonyl (C=O) groups is 2. The average Bonchev–Trinajstić information content (AvgIpc) is 3.08. The number of amides is 1. The smallest absolute Gasteiger partial charge is 0.416 e. The molecule has 1 unspecified atom stereocenters. The summed E-state index contributed by atoms with van der Waals surface area (Å²) in [6, 6.07) is 8.31. The second-order valence-electron chi connectivity index (χ2n) is 5.68. The molecule has 1 amide bonds. The number of fused-ring (bicyclic) bond motifs is 1. The van der Waals surface area contributed by atoms with Gasteiger partial charge in [0.1, 0.15) is 0 Å². The van der Waals surface area contributed by atoms with Gasteiger partial charge in [0.15, 0.2) is 17.6 Å². The lowest BCUT2D eigenvalue weighted by Crippen LogP contribution is -2.30. The van der Waals surface area contributed by atoms with Crippen LogP contribution in [0.5, 0.6) is 11.5 Å². The summed E-state index contributed by atoms with van der Waals surface area (Å²) in [4.78, 5) is 24.2. The molecule has 0 radical (unpaired) electrons. The third-order valence-corrected chi connectivity index (χ3v) is 3.74. The molecule has 1 heterocycles. The van der Waals surface area contributed by atoms with Gasteiger partial charge in [-0.05, 0) is 43.3 Å². The van der Waals surface area contributed by atoms with Crippen molar-refractivity contribution in [2.45, 2.75) is 19.2 Å². The fourth-order valence-corrected chi connectivity index (χ4v) is 2.30. The van der Waals surface area contributed by atoms with E-state index in [2.05, 4.69) is 5.32 Å². The zero-order chi connectivity index (χ0) is 19.6. The van der Waals surface area contributed by atoms with E-state index in [1.165, 1.54) is 6.92 Å². The summed E-state index contributed by atoms with van der Waals surface area (Å²) in [5, 5.41) is 2.56. The Morgan fingerprint density at radius 1 is 1.07 bits per heavy atom. The van der Waals surface area contributed by atoms with Crippen molar-refractivity contribution in [3.63, 3.8) is 0 Å². The Bertz CT molecular complexity index is 864. The molecule has 27 heavy (non-hydrogen) atoms. The maximum Gasteiger partial charge on any atom is 0.416 e. The second kappa shape index (κ2) is 7.18. The molecule has 0 aliphatic carbocycles. The maximum atomic E-state index is 12.5. The molecule has 9 heteroatoms. The molecule has 6 nitrogen and oxygen atoms in total. The summed E-state index contributed by atoms with van der Waals surface area (Å²) < 4.78 is 53.0. The molecule has 142 valence electrons. The van der Waals surface area contributed by atoms with E-state index in [0.717, 1.165) is 24.3 Å². The SMILES string of the molecule is CC(OC(=O)c1ccc(C(F)(F)F)cc1)C(=O)Nc1ccc2c(c1)OCO2. The van der Waals surface area contributed by atoms with Crippen LogP contribution in [0.1, 0.15) is 22.8 Å². The van der Waals surface area contributed by atoms with Crippen molar-refractivity contribution in [3.05, 3.63) is 53.6 Å². The Morgan fingerprint density at radius 3 is 2.41 bits per heavy atom. The Morgan fingerprint density at radius 2 is 1.74 bits per heavy atom. The standard InChI is InChI=1S/C18H14F3NO5/c1-10(16(23)22-13-6-7-14-15(8-13)26-9-25-14)27-17(24)11-2-4-12(5-3-11)18(19,20)21/h2-8,10H,9H2,1H3,(H,22,23). The van der Waals surface area contributed by atoms with Crippen LogP contribution >= 0.6 is 0 Å². The van der Waals surface area contributed by atoms with Gasteiger partial charge in [0, 0.05) is 11.8 Å². The molecule has 0 fully saturated rings. The molecule has 1 N–H and O–H groups in total. The topological polar surface area (TPSA) is 73.9 Å². The van der Waals surface area contributed by atoms with Crippen LogP contribution in [0.3, 0.4) is 0 Å². The van der Waals surface area contributed by atoms with Crippen molar-refractivity contribution in [2.24, 2.45) is 0 Å². The van der Waals surface area contributed by atoms with Gasteiger partial charge in [-0.1, -0.05) is 0 Å². The minimum Gasteiger partial charge on any atom is -0.454 e. The summed E-state index contributed by atoms with van der Waals surface area (Å²) in [6.07, 6.45) is -5.66. The number of ether oxygens (including phenoxy) is 3. The zero-order valence-corrected chi connectivity index (χ0v) is 14.0. The van der Waals surface area contributed by atoms with E-state index in [-0.39, 0.29) is 12.4 Å². The van der Waals surface area contributed by atoms with E-state index < -0.39 is 29.7 Å². The first kappa shape index (κ1) is 18.6. The number of nitrogens with one attached hydrogen (secondary N) is 1. The number of rotatable bonds is 4. The lowest BCUT2D eigenvalue weighted by molar-refractivity contribution is -0.137. The molecule has 0 aromatic heterocycles. The van der Waals surface area contributed by atoms with E-state index in [1.807, 2.05) is 0 Å². The van der Waals surface area contributed by atoms with Gasteiger partial charge in [-0.3, -0.25) is 4.79 Å². The quantitative estimate of drug-likeness (QED) is 0.819. The predicted molar refractivity (Wildman–Crippen MR) is 87.5 cm³/mol. The molecule has 0 saturated carbocycles. The van der Waals surface area contributed by atoms with Crippen LogP contribution in [0.15, 0.2) is 42.5 Å². The molecule has 0 saturated heterocycles. The molecule has 2 aromatic rings. The molecular formula is C18H14F3NO5. The molecule has 1 aliphatic heterocycles. The molecule has 1 atom stereocenters. The normalized spacial score (nSPS) is 13.8. The first-order chi connectivity index (χ1) is 12.7. The van der Waals surface area contributed by atoms with Gasteiger partial charge in [-0.15, -0.1) is 0 Å². The van der Waals surface area contributed by atoms with E-state index in [0.29, 0.717) is 17.2 Å². The number of hydrogen-bond acceptors (Lipinski definition) is 5. The van der Waals surface area contributed by atoms with E-state index in [1.54, 1.807) is 18.2 Å². The van der Waals surface area contributed by atoms with E-state index in [4.69, 9.17) is 14.2 Å². The number of esters is 1. The summed E-state index contributed by atoms with van der Waals surface area (Å²) in [7, 11) is 0. The van der Waals surface area contributed by atoms with Crippen molar-refractivity contribution in [1.29, 1.82) is 0 Å². The highest BCUT2D eigenvalue weighted by molar-refractivity contribution is 5.97. The van der Waals surface area contributed by atoms with Crippen LogP contribution in [0.4, 0.5) is 18.9 Å². The molecule has 1 aliphatic rings. The molecule has 0 bridgehead atoms. The van der Waals surface area contributed by atoms with Crippen LogP contribution in [0.2, 0.25) is 0 Å². The highest BCUT2D eigenvalue weighted by Gasteiger charge is 2.30. The Hall–Kier alpha value is -3.23. The first-order valence-electron chi connectivity index (χ1n) is 7.83. The van der Waals surface area contributed by atoms with E-state index in [9.17, 15) is 22.8 Å². The van der Waals surface area contributed by atoms with Crippen molar-refractivity contribution in [3.8, 4) is 11.5 Å². The lowest BCUT2D eigenvalue weighted by atomic mass is 10.1. The van der Waals surface area contributed by atoms with Crippen LogP contribution in [-0.2, 0) is 15.7 Å². The predicted octanol–water partition coefficient (Wildman–Crippen LogP) is 3.62. The zero-order valence-electron chi connectivity index (χ0n) is 14.0. The Labute approximate surface area is 151 Å². The number of alkyl halides is 3. The van der Waals surface area contributed by atoms with Gasteiger partial charge in [0.2, 0.25) is 6.79 Å². The number of hydrogen-bond donors (Lipinski definition) is 1. The number of halogens is 3. The lowest BCUT2D eigenvalue weighted by Gasteiger charge is -2.14. The van der Waals surface area contributed by atoms with Crippen molar-refractivity contribution >= 4 is 17.6 Å².